The van der Waals surface area contributed by atoms with Gasteiger partial charge < -0.3 is 10.2 Å². The van der Waals surface area contributed by atoms with Crippen molar-refractivity contribution in [3.05, 3.63) is 29.8 Å². The Morgan fingerprint density at radius 2 is 2.00 bits per heavy atom. The number of aliphatic hydroxyl groups excluding tert-OH is 1. The van der Waals surface area contributed by atoms with Gasteiger partial charge in [0.1, 0.15) is 5.75 Å². The first kappa shape index (κ1) is 15.0. The zero-order chi connectivity index (χ0) is 13.4. The van der Waals surface area contributed by atoms with Crippen LogP contribution in [0.1, 0.15) is 44.7 Å². The molecule has 0 aliphatic carbocycles. The molecule has 3 heteroatoms. The lowest BCUT2D eigenvalue weighted by Gasteiger charge is -2.28. The standard InChI is InChI=1S/C15H25NO2/c1-3-16(10-5-4-6-11-17)13(2)14-8-7-9-15(18)12-14/h7-9,12-13,17-18H,3-6,10-11H2,1-2H3. The minimum Gasteiger partial charge on any atom is -0.508 e. The average Bonchev–Trinajstić information content (AvgIpc) is 2.38. The molecule has 0 spiro atoms. The molecule has 2 N–H and O–H groups in total. The SMILES string of the molecule is CCN(CCCCCO)C(C)c1cccc(O)c1. The molecule has 3 nitrogen and oxygen atoms in total. The molecular weight excluding hydrogens is 226 g/mol. The van der Waals surface area contributed by atoms with Crippen molar-refractivity contribution in [1.82, 2.24) is 4.90 Å². The summed E-state index contributed by atoms with van der Waals surface area (Å²) in [6.45, 7) is 6.65. The molecular formula is C15H25NO2. The summed E-state index contributed by atoms with van der Waals surface area (Å²) < 4.78 is 0. The van der Waals surface area contributed by atoms with Crippen molar-refractivity contribution in [2.75, 3.05) is 19.7 Å². The van der Waals surface area contributed by atoms with Gasteiger partial charge in [-0.05, 0) is 57.0 Å². The molecule has 0 saturated heterocycles. The summed E-state index contributed by atoms with van der Waals surface area (Å²) >= 11 is 0. The van der Waals surface area contributed by atoms with Crippen LogP contribution in [0.4, 0.5) is 0 Å². The molecule has 0 aliphatic heterocycles. The van der Waals surface area contributed by atoms with E-state index in [0.717, 1.165) is 37.9 Å². The monoisotopic (exact) mass is 251 g/mol. The van der Waals surface area contributed by atoms with Crippen molar-refractivity contribution >= 4 is 0 Å². The Bertz CT molecular complexity index is 341. The van der Waals surface area contributed by atoms with Crippen LogP contribution < -0.4 is 0 Å². The van der Waals surface area contributed by atoms with E-state index in [0.29, 0.717) is 11.8 Å². The van der Waals surface area contributed by atoms with E-state index in [1.54, 1.807) is 6.07 Å². The molecule has 0 aliphatic rings. The molecule has 0 aromatic heterocycles. The molecule has 1 atom stereocenters. The van der Waals surface area contributed by atoms with Crippen LogP contribution in [0.15, 0.2) is 24.3 Å². The van der Waals surface area contributed by atoms with E-state index >= 15 is 0 Å². The Labute approximate surface area is 110 Å². The number of hydrogen-bond donors (Lipinski definition) is 2. The molecule has 0 bridgehead atoms. The second-order valence-corrected chi connectivity index (χ2v) is 4.68. The topological polar surface area (TPSA) is 43.7 Å². The maximum atomic E-state index is 9.52. The van der Waals surface area contributed by atoms with E-state index in [-0.39, 0.29) is 6.61 Å². The highest BCUT2D eigenvalue weighted by Crippen LogP contribution is 2.23. The summed E-state index contributed by atoms with van der Waals surface area (Å²) in [5.41, 5.74) is 1.15. The van der Waals surface area contributed by atoms with Crippen LogP contribution in [0.5, 0.6) is 5.75 Å². The normalized spacial score (nSPS) is 12.9. The van der Waals surface area contributed by atoms with Crippen molar-refractivity contribution < 1.29 is 10.2 Å². The molecule has 1 rings (SSSR count). The lowest BCUT2D eigenvalue weighted by molar-refractivity contribution is 0.212. The molecule has 1 aromatic carbocycles. The number of rotatable bonds is 8. The van der Waals surface area contributed by atoms with E-state index in [4.69, 9.17) is 5.11 Å². The number of benzene rings is 1. The summed E-state index contributed by atoms with van der Waals surface area (Å²) in [5.74, 6) is 0.329. The fourth-order valence-electron chi connectivity index (χ4n) is 2.22. The molecule has 0 fully saturated rings. The van der Waals surface area contributed by atoms with Crippen LogP contribution in [-0.4, -0.2) is 34.8 Å². The molecule has 1 aromatic rings. The van der Waals surface area contributed by atoms with Gasteiger partial charge in [-0.25, -0.2) is 0 Å². The summed E-state index contributed by atoms with van der Waals surface area (Å²) in [4.78, 5) is 2.39. The second-order valence-electron chi connectivity index (χ2n) is 4.68. The van der Waals surface area contributed by atoms with Gasteiger partial charge in [0, 0.05) is 12.6 Å². The van der Waals surface area contributed by atoms with Gasteiger partial charge in [0.25, 0.3) is 0 Å². The zero-order valence-electron chi connectivity index (χ0n) is 11.5. The minimum absolute atomic E-state index is 0.286. The number of phenols is 1. The number of aliphatic hydroxyl groups is 1. The van der Waals surface area contributed by atoms with E-state index in [2.05, 4.69) is 24.8 Å². The maximum Gasteiger partial charge on any atom is 0.115 e. The predicted octanol–water partition coefficient (Wildman–Crippen LogP) is 2.94. The van der Waals surface area contributed by atoms with Crippen molar-refractivity contribution in [2.45, 2.75) is 39.2 Å². The molecule has 0 saturated carbocycles. The Balaban J connectivity index is 2.53. The Morgan fingerprint density at radius 3 is 2.61 bits per heavy atom. The maximum absolute atomic E-state index is 9.52. The Morgan fingerprint density at radius 1 is 1.22 bits per heavy atom. The number of unbranched alkanes of at least 4 members (excludes halogenated alkanes) is 2. The van der Waals surface area contributed by atoms with Gasteiger partial charge in [0.15, 0.2) is 0 Å². The van der Waals surface area contributed by atoms with Crippen molar-refractivity contribution in [3.8, 4) is 5.75 Å². The zero-order valence-corrected chi connectivity index (χ0v) is 11.5. The molecule has 1 unspecified atom stereocenters. The van der Waals surface area contributed by atoms with E-state index in [9.17, 15) is 5.11 Å². The van der Waals surface area contributed by atoms with Gasteiger partial charge >= 0.3 is 0 Å². The van der Waals surface area contributed by atoms with E-state index in [1.807, 2.05) is 12.1 Å². The van der Waals surface area contributed by atoms with Crippen molar-refractivity contribution in [1.29, 1.82) is 0 Å². The average molecular weight is 251 g/mol. The molecule has 0 radical (unpaired) electrons. The van der Waals surface area contributed by atoms with Gasteiger partial charge in [-0.1, -0.05) is 19.1 Å². The van der Waals surface area contributed by atoms with Crippen LogP contribution >= 0.6 is 0 Å². The quantitative estimate of drug-likeness (QED) is 0.698. The number of aromatic hydroxyl groups is 1. The van der Waals surface area contributed by atoms with Crippen LogP contribution in [0.2, 0.25) is 0 Å². The van der Waals surface area contributed by atoms with Crippen molar-refractivity contribution in [2.24, 2.45) is 0 Å². The highest BCUT2D eigenvalue weighted by atomic mass is 16.3. The third-order valence-corrected chi connectivity index (χ3v) is 3.41. The van der Waals surface area contributed by atoms with Crippen LogP contribution in [-0.2, 0) is 0 Å². The van der Waals surface area contributed by atoms with E-state index in [1.165, 1.54) is 0 Å². The summed E-state index contributed by atoms with van der Waals surface area (Å²) in [6.07, 6.45) is 3.06. The van der Waals surface area contributed by atoms with Gasteiger partial charge in [-0.15, -0.1) is 0 Å². The molecule has 102 valence electrons. The summed E-state index contributed by atoms with van der Waals surface area (Å²) in [6, 6.07) is 7.80. The minimum atomic E-state index is 0.286. The third kappa shape index (κ3) is 4.67. The largest absolute Gasteiger partial charge is 0.508 e. The first-order chi connectivity index (χ1) is 8.69. The van der Waals surface area contributed by atoms with E-state index < -0.39 is 0 Å². The number of phenolic OH excluding ortho intramolecular Hbond substituents is 1. The summed E-state index contributed by atoms with van der Waals surface area (Å²) in [5, 5.41) is 18.3. The lowest BCUT2D eigenvalue weighted by Crippen LogP contribution is -2.27. The first-order valence-electron chi connectivity index (χ1n) is 6.82. The van der Waals surface area contributed by atoms with Gasteiger partial charge in [-0.3, -0.25) is 4.90 Å². The molecule has 0 heterocycles. The Hall–Kier alpha value is -1.06. The molecule has 18 heavy (non-hydrogen) atoms. The number of hydrogen-bond acceptors (Lipinski definition) is 3. The Kier molecular flexibility index (Phi) is 6.76. The highest BCUT2D eigenvalue weighted by molar-refractivity contribution is 5.29. The fraction of sp³-hybridized carbons (Fsp3) is 0.600. The second kappa shape index (κ2) is 8.11. The smallest absolute Gasteiger partial charge is 0.115 e. The van der Waals surface area contributed by atoms with Gasteiger partial charge in [0.2, 0.25) is 0 Å². The lowest BCUT2D eigenvalue weighted by atomic mass is 10.1. The van der Waals surface area contributed by atoms with Gasteiger partial charge in [-0.2, -0.15) is 0 Å². The van der Waals surface area contributed by atoms with Crippen LogP contribution in [0.3, 0.4) is 0 Å². The van der Waals surface area contributed by atoms with Crippen LogP contribution in [0.25, 0.3) is 0 Å². The van der Waals surface area contributed by atoms with Crippen molar-refractivity contribution in [3.63, 3.8) is 0 Å². The molecule has 0 amide bonds. The highest BCUT2D eigenvalue weighted by Gasteiger charge is 2.13. The van der Waals surface area contributed by atoms with Crippen LogP contribution in [0, 0.1) is 0 Å². The first-order valence-corrected chi connectivity index (χ1v) is 6.82. The fourth-order valence-corrected chi connectivity index (χ4v) is 2.22. The third-order valence-electron chi connectivity index (χ3n) is 3.41. The predicted molar refractivity (Wildman–Crippen MR) is 74.7 cm³/mol. The summed E-state index contributed by atoms with van der Waals surface area (Å²) in [7, 11) is 0. The van der Waals surface area contributed by atoms with Gasteiger partial charge in [0.05, 0.1) is 0 Å². The number of nitrogens with zero attached hydrogens (tertiary/aromatic N) is 1.